The Morgan fingerprint density at radius 1 is 1.50 bits per heavy atom. The standard InChI is InChI=1S/C11H15N3O3.ClH/c1-7(5-10(15)17-2)14-11(16)9-4-3-8(12)6-13-9;/h3-4,6-7H,5,12H2,1-2H3,(H,14,16);1H. The van der Waals surface area contributed by atoms with E-state index in [4.69, 9.17) is 5.73 Å². The van der Waals surface area contributed by atoms with Crippen LogP contribution in [0.25, 0.3) is 0 Å². The molecule has 1 atom stereocenters. The van der Waals surface area contributed by atoms with Gasteiger partial charge in [-0.25, -0.2) is 4.98 Å². The summed E-state index contributed by atoms with van der Waals surface area (Å²) < 4.78 is 4.50. The Bertz CT molecular complexity index is 408. The summed E-state index contributed by atoms with van der Waals surface area (Å²) in [6.07, 6.45) is 1.52. The molecule has 100 valence electrons. The van der Waals surface area contributed by atoms with Crippen molar-refractivity contribution in [2.45, 2.75) is 19.4 Å². The minimum atomic E-state index is -0.372. The number of hydrogen-bond acceptors (Lipinski definition) is 5. The van der Waals surface area contributed by atoms with Crippen LogP contribution >= 0.6 is 12.4 Å². The number of anilines is 1. The molecule has 3 N–H and O–H groups in total. The predicted molar refractivity (Wildman–Crippen MR) is 69.5 cm³/mol. The van der Waals surface area contributed by atoms with Crippen molar-refractivity contribution in [2.24, 2.45) is 0 Å². The summed E-state index contributed by atoms with van der Waals surface area (Å²) in [6.45, 7) is 1.71. The van der Waals surface area contributed by atoms with Crippen LogP contribution in [0.2, 0.25) is 0 Å². The van der Waals surface area contributed by atoms with Gasteiger partial charge in [0, 0.05) is 6.04 Å². The zero-order chi connectivity index (χ0) is 12.8. The van der Waals surface area contributed by atoms with Gasteiger partial charge < -0.3 is 15.8 Å². The lowest BCUT2D eigenvalue weighted by Gasteiger charge is -2.11. The van der Waals surface area contributed by atoms with Crippen molar-refractivity contribution in [2.75, 3.05) is 12.8 Å². The summed E-state index contributed by atoms with van der Waals surface area (Å²) in [5, 5.41) is 2.64. The summed E-state index contributed by atoms with van der Waals surface area (Å²) in [7, 11) is 1.30. The van der Waals surface area contributed by atoms with Gasteiger partial charge in [0.05, 0.1) is 25.4 Å². The highest BCUT2D eigenvalue weighted by molar-refractivity contribution is 5.92. The van der Waals surface area contributed by atoms with E-state index in [1.165, 1.54) is 19.4 Å². The number of carbonyl (C=O) groups is 2. The molecular weight excluding hydrogens is 258 g/mol. The Hall–Kier alpha value is -1.82. The number of ether oxygens (including phenoxy) is 1. The summed E-state index contributed by atoms with van der Waals surface area (Å²) in [4.78, 5) is 26.5. The van der Waals surface area contributed by atoms with Gasteiger partial charge in [0.15, 0.2) is 0 Å². The number of nitrogens with one attached hydrogen (secondary N) is 1. The predicted octanol–water partition coefficient (Wildman–Crippen LogP) is 0.767. The van der Waals surface area contributed by atoms with E-state index in [1.807, 2.05) is 0 Å². The van der Waals surface area contributed by atoms with E-state index < -0.39 is 0 Å². The lowest BCUT2D eigenvalue weighted by atomic mass is 10.2. The molecular formula is C11H16ClN3O3. The van der Waals surface area contributed by atoms with Crippen LogP contribution in [0, 0.1) is 0 Å². The Kier molecular flexibility index (Phi) is 6.74. The van der Waals surface area contributed by atoms with Crippen molar-refractivity contribution in [3.63, 3.8) is 0 Å². The van der Waals surface area contributed by atoms with E-state index in [0.29, 0.717) is 5.69 Å². The number of rotatable bonds is 4. The Morgan fingerprint density at radius 2 is 2.17 bits per heavy atom. The molecule has 7 heteroatoms. The number of nitrogen functional groups attached to an aromatic ring is 1. The van der Waals surface area contributed by atoms with E-state index in [2.05, 4.69) is 15.0 Å². The summed E-state index contributed by atoms with van der Waals surface area (Å²) in [5.74, 6) is -0.718. The molecule has 0 saturated heterocycles. The number of halogens is 1. The Balaban J connectivity index is 0.00000289. The zero-order valence-corrected chi connectivity index (χ0v) is 11.0. The van der Waals surface area contributed by atoms with Crippen molar-refractivity contribution < 1.29 is 14.3 Å². The van der Waals surface area contributed by atoms with E-state index in [9.17, 15) is 9.59 Å². The molecule has 0 aliphatic carbocycles. The quantitative estimate of drug-likeness (QED) is 0.790. The first kappa shape index (κ1) is 16.2. The summed E-state index contributed by atoms with van der Waals surface area (Å²) in [6, 6.07) is 2.80. The van der Waals surface area contributed by atoms with Crippen LogP contribution in [0.3, 0.4) is 0 Å². The highest BCUT2D eigenvalue weighted by atomic mass is 35.5. The van der Waals surface area contributed by atoms with Crippen LogP contribution < -0.4 is 11.1 Å². The SMILES string of the molecule is COC(=O)CC(C)NC(=O)c1ccc(N)cn1.Cl. The number of hydrogen-bond donors (Lipinski definition) is 2. The second kappa shape index (κ2) is 7.50. The number of amides is 1. The first-order valence-corrected chi connectivity index (χ1v) is 5.12. The third kappa shape index (κ3) is 5.01. The molecule has 18 heavy (non-hydrogen) atoms. The number of carbonyl (C=O) groups excluding carboxylic acids is 2. The van der Waals surface area contributed by atoms with Crippen LogP contribution in [0.15, 0.2) is 18.3 Å². The van der Waals surface area contributed by atoms with Gasteiger partial charge in [-0.05, 0) is 19.1 Å². The monoisotopic (exact) mass is 273 g/mol. The second-order valence-corrected chi connectivity index (χ2v) is 3.63. The van der Waals surface area contributed by atoms with E-state index in [1.54, 1.807) is 13.0 Å². The molecule has 1 heterocycles. The third-order valence-electron chi connectivity index (χ3n) is 2.10. The van der Waals surface area contributed by atoms with Crippen molar-refractivity contribution in [3.8, 4) is 0 Å². The topological polar surface area (TPSA) is 94.3 Å². The first-order valence-electron chi connectivity index (χ1n) is 5.12. The largest absolute Gasteiger partial charge is 0.469 e. The molecule has 1 unspecified atom stereocenters. The maximum absolute atomic E-state index is 11.7. The minimum Gasteiger partial charge on any atom is -0.469 e. The molecule has 0 saturated carbocycles. The normalized spacial score (nSPS) is 11.0. The maximum atomic E-state index is 11.7. The van der Waals surface area contributed by atoms with Crippen LogP contribution in [0.5, 0.6) is 0 Å². The molecule has 1 amide bonds. The van der Waals surface area contributed by atoms with E-state index in [0.717, 1.165) is 0 Å². The average Bonchev–Trinajstić information content (AvgIpc) is 2.29. The molecule has 0 aromatic carbocycles. The Labute approximate surface area is 111 Å². The maximum Gasteiger partial charge on any atom is 0.307 e. The van der Waals surface area contributed by atoms with Crippen molar-refractivity contribution in [1.29, 1.82) is 0 Å². The fourth-order valence-corrected chi connectivity index (χ4v) is 1.22. The zero-order valence-electron chi connectivity index (χ0n) is 10.2. The van der Waals surface area contributed by atoms with Crippen LogP contribution in [-0.2, 0) is 9.53 Å². The highest BCUT2D eigenvalue weighted by Gasteiger charge is 2.13. The van der Waals surface area contributed by atoms with Crippen molar-refractivity contribution in [3.05, 3.63) is 24.0 Å². The molecule has 0 fully saturated rings. The van der Waals surface area contributed by atoms with E-state index in [-0.39, 0.29) is 42.4 Å². The highest BCUT2D eigenvalue weighted by Crippen LogP contribution is 2.02. The number of pyridine rings is 1. The van der Waals surface area contributed by atoms with Gasteiger partial charge in [0.1, 0.15) is 5.69 Å². The number of methoxy groups -OCH3 is 1. The Morgan fingerprint density at radius 3 is 2.67 bits per heavy atom. The van der Waals surface area contributed by atoms with Gasteiger partial charge in [0.2, 0.25) is 0 Å². The van der Waals surface area contributed by atoms with E-state index >= 15 is 0 Å². The van der Waals surface area contributed by atoms with Crippen molar-refractivity contribution in [1.82, 2.24) is 10.3 Å². The molecule has 1 aromatic rings. The second-order valence-electron chi connectivity index (χ2n) is 3.63. The van der Waals surface area contributed by atoms with Gasteiger partial charge in [-0.15, -0.1) is 12.4 Å². The lowest BCUT2D eigenvalue weighted by molar-refractivity contribution is -0.141. The first-order chi connectivity index (χ1) is 8.02. The fraction of sp³-hybridized carbons (Fsp3) is 0.364. The van der Waals surface area contributed by atoms with Crippen LogP contribution in [0.1, 0.15) is 23.8 Å². The number of nitrogens with two attached hydrogens (primary N) is 1. The molecule has 0 bridgehead atoms. The number of aromatic nitrogens is 1. The summed E-state index contributed by atoms with van der Waals surface area (Å²) >= 11 is 0. The summed E-state index contributed by atoms with van der Waals surface area (Å²) in [5.41, 5.74) is 6.21. The van der Waals surface area contributed by atoms with Crippen molar-refractivity contribution >= 4 is 30.0 Å². The fourth-order valence-electron chi connectivity index (χ4n) is 1.22. The van der Waals surface area contributed by atoms with Gasteiger partial charge in [-0.3, -0.25) is 9.59 Å². The molecule has 1 aromatic heterocycles. The third-order valence-corrected chi connectivity index (χ3v) is 2.10. The number of nitrogens with zero attached hydrogens (tertiary/aromatic N) is 1. The number of esters is 1. The average molecular weight is 274 g/mol. The minimum absolute atomic E-state index is 0. The van der Waals surface area contributed by atoms with Gasteiger partial charge in [0.25, 0.3) is 5.91 Å². The smallest absolute Gasteiger partial charge is 0.307 e. The van der Waals surface area contributed by atoms with Crippen LogP contribution in [0.4, 0.5) is 5.69 Å². The molecule has 0 spiro atoms. The molecule has 0 radical (unpaired) electrons. The lowest BCUT2D eigenvalue weighted by Crippen LogP contribution is -2.34. The van der Waals surface area contributed by atoms with Crippen LogP contribution in [-0.4, -0.2) is 30.0 Å². The van der Waals surface area contributed by atoms with Gasteiger partial charge >= 0.3 is 5.97 Å². The molecule has 1 rings (SSSR count). The van der Waals surface area contributed by atoms with Gasteiger partial charge in [-0.2, -0.15) is 0 Å². The molecule has 6 nitrogen and oxygen atoms in total. The van der Waals surface area contributed by atoms with Gasteiger partial charge in [-0.1, -0.05) is 0 Å². The molecule has 0 aliphatic rings. The molecule has 0 aliphatic heterocycles.